The molecule has 1 heterocycles. The van der Waals surface area contributed by atoms with Crippen LogP contribution in [0.3, 0.4) is 0 Å². The molecule has 3 N–H and O–H groups in total. The predicted molar refractivity (Wildman–Crippen MR) is 148 cm³/mol. The SMILES string of the molecule is CN(C)c1nc(NC2CCC(NC(=O)Nc3cccc(Oc4ccccc4)c3)CC2)nc2c1CCCC2. The monoisotopic (exact) mass is 500 g/mol. The Morgan fingerprint density at radius 2 is 1.62 bits per heavy atom. The Morgan fingerprint density at radius 3 is 2.41 bits per heavy atom. The number of benzene rings is 2. The second-order valence-corrected chi connectivity index (χ2v) is 10.1. The summed E-state index contributed by atoms with van der Waals surface area (Å²) in [6.45, 7) is 0. The zero-order valence-corrected chi connectivity index (χ0v) is 21.7. The number of anilines is 3. The van der Waals surface area contributed by atoms with Crippen LogP contribution in [0.5, 0.6) is 11.5 Å². The van der Waals surface area contributed by atoms with Crippen LogP contribution in [-0.4, -0.2) is 42.2 Å². The molecule has 8 nitrogen and oxygen atoms in total. The fraction of sp³-hybridized carbons (Fsp3) is 0.414. The van der Waals surface area contributed by atoms with Gasteiger partial charge in [-0.3, -0.25) is 0 Å². The number of rotatable bonds is 7. The van der Waals surface area contributed by atoms with E-state index in [0.29, 0.717) is 17.5 Å². The molecule has 0 aliphatic heterocycles. The molecule has 1 saturated carbocycles. The first-order chi connectivity index (χ1) is 18.0. The van der Waals surface area contributed by atoms with Gasteiger partial charge in [0.15, 0.2) is 0 Å². The molecule has 3 aromatic rings. The Balaban J connectivity index is 1.11. The van der Waals surface area contributed by atoms with Crippen LogP contribution in [0.2, 0.25) is 0 Å². The van der Waals surface area contributed by atoms with E-state index in [0.717, 1.165) is 56.0 Å². The largest absolute Gasteiger partial charge is 0.457 e. The first-order valence-electron chi connectivity index (χ1n) is 13.3. The smallest absolute Gasteiger partial charge is 0.319 e. The normalized spacial score (nSPS) is 18.9. The summed E-state index contributed by atoms with van der Waals surface area (Å²) in [5.41, 5.74) is 3.19. The third-order valence-electron chi connectivity index (χ3n) is 7.05. The molecule has 0 atom stereocenters. The van der Waals surface area contributed by atoms with Gasteiger partial charge in [-0.15, -0.1) is 0 Å². The van der Waals surface area contributed by atoms with Crippen molar-refractivity contribution < 1.29 is 9.53 Å². The number of carbonyl (C=O) groups is 1. The highest BCUT2D eigenvalue weighted by molar-refractivity contribution is 5.89. The van der Waals surface area contributed by atoms with Gasteiger partial charge in [0.05, 0.1) is 5.69 Å². The number of fused-ring (bicyclic) bond motifs is 1. The Hall–Kier alpha value is -3.81. The van der Waals surface area contributed by atoms with E-state index in [9.17, 15) is 4.79 Å². The number of nitrogens with zero attached hydrogens (tertiary/aromatic N) is 3. The fourth-order valence-corrected chi connectivity index (χ4v) is 5.19. The number of carbonyl (C=O) groups excluding carboxylic acids is 1. The summed E-state index contributed by atoms with van der Waals surface area (Å²) in [6, 6.07) is 17.3. The van der Waals surface area contributed by atoms with Crippen LogP contribution in [0.25, 0.3) is 0 Å². The van der Waals surface area contributed by atoms with Crippen LogP contribution in [0, 0.1) is 0 Å². The van der Waals surface area contributed by atoms with Gasteiger partial charge < -0.3 is 25.6 Å². The first kappa shape index (κ1) is 24.9. The zero-order valence-electron chi connectivity index (χ0n) is 21.7. The molecular formula is C29H36N6O2. The summed E-state index contributed by atoms with van der Waals surface area (Å²) in [5, 5.41) is 9.65. The standard InChI is InChI=1S/C29H36N6O2/c1-35(2)27-25-13-6-7-14-26(25)33-28(34-27)30-20-15-17-21(18-16-20)31-29(36)32-22-9-8-12-24(19-22)37-23-10-4-3-5-11-23/h3-5,8-12,19-21H,6-7,13-18H2,1-2H3,(H,30,33,34)(H2,31,32,36). The molecule has 37 heavy (non-hydrogen) atoms. The number of hydrogen-bond donors (Lipinski definition) is 3. The van der Waals surface area contributed by atoms with Crippen molar-refractivity contribution in [2.45, 2.75) is 63.5 Å². The van der Waals surface area contributed by atoms with E-state index in [4.69, 9.17) is 14.7 Å². The second kappa shape index (κ2) is 11.5. The van der Waals surface area contributed by atoms with Crippen molar-refractivity contribution in [1.82, 2.24) is 15.3 Å². The number of urea groups is 1. The molecule has 8 heteroatoms. The van der Waals surface area contributed by atoms with E-state index in [-0.39, 0.29) is 12.1 Å². The zero-order chi connectivity index (χ0) is 25.6. The van der Waals surface area contributed by atoms with E-state index >= 15 is 0 Å². The second-order valence-electron chi connectivity index (χ2n) is 10.1. The number of nitrogens with one attached hydrogen (secondary N) is 3. The summed E-state index contributed by atoms with van der Waals surface area (Å²) in [6.07, 6.45) is 8.24. The molecule has 5 rings (SSSR count). The summed E-state index contributed by atoms with van der Waals surface area (Å²) in [5.74, 6) is 3.21. The lowest BCUT2D eigenvalue weighted by atomic mass is 9.91. The van der Waals surface area contributed by atoms with Crippen molar-refractivity contribution in [1.29, 1.82) is 0 Å². The highest BCUT2D eigenvalue weighted by atomic mass is 16.5. The first-order valence-corrected chi connectivity index (χ1v) is 13.3. The quantitative estimate of drug-likeness (QED) is 0.382. The molecule has 1 fully saturated rings. The summed E-state index contributed by atoms with van der Waals surface area (Å²) in [7, 11) is 4.10. The topological polar surface area (TPSA) is 91.4 Å². The number of hydrogen-bond acceptors (Lipinski definition) is 6. The molecule has 194 valence electrons. The minimum Gasteiger partial charge on any atom is -0.457 e. The van der Waals surface area contributed by atoms with E-state index < -0.39 is 0 Å². The molecular weight excluding hydrogens is 464 g/mol. The maximum atomic E-state index is 12.7. The van der Waals surface area contributed by atoms with Crippen molar-refractivity contribution >= 4 is 23.5 Å². The average molecular weight is 501 g/mol. The fourth-order valence-electron chi connectivity index (χ4n) is 5.19. The number of amides is 2. The molecule has 0 unspecified atom stereocenters. The third kappa shape index (κ3) is 6.50. The molecule has 2 aliphatic rings. The highest BCUT2D eigenvalue weighted by Gasteiger charge is 2.25. The van der Waals surface area contributed by atoms with Crippen molar-refractivity contribution in [2.75, 3.05) is 29.6 Å². The maximum absolute atomic E-state index is 12.7. The van der Waals surface area contributed by atoms with E-state index in [1.54, 1.807) is 0 Å². The molecule has 0 saturated heterocycles. The number of aryl methyl sites for hydroxylation is 1. The van der Waals surface area contributed by atoms with Gasteiger partial charge in [-0.1, -0.05) is 24.3 Å². The molecule has 0 radical (unpaired) electrons. The molecule has 2 aliphatic carbocycles. The van der Waals surface area contributed by atoms with Crippen LogP contribution in [-0.2, 0) is 12.8 Å². The van der Waals surface area contributed by atoms with Crippen molar-refractivity contribution in [3.8, 4) is 11.5 Å². The number of ether oxygens (including phenoxy) is 1. The van der Waals surface area contributed by atoms with Crippen molar-refractivity contribution in [2.24, 2.45) is 0 Å². The molecule has 1 aromatic heterocycles. The molecule has 0 spiro atoms. The van der Waals surface area contributed by atoms with Gasteiger partial charge in [0.25, 0.3) is 0 Å². The van der Waals surface area contributed by atoms with Crippen LogP contribution in [0.4, 0.5) is 22.2 Å². The average Bonchev–Trinajstić information content (AvgIpc) is 2.90. The Bertz CT molecular complexity index is 1210. The minimum absolute atomic E-state index is 0.142. The van der Waals surface area contributed by atoms with Gasteiger partial charge in [0.1, 0.15) is 17.3 Å². The lowest BCUT2D eigenvalue weighted by Gasteiger charge is -2.30. The Morgan fingerprint density at radius 1 is 0.892 bits per heavy atom. The van der Waals surface area contributed by atoms with E-state index in [1.807, 2.05) is 54.6 Å². The van der Waals surface area contributed by atoms with E-state index in [2.05, 4.69) is 34.9 Å². The summed E-state index contributed by atoms with van der Waals surface area (Å²) < 4.78 is 5.87. The van der Waals surface area contributed by atoms with Crippen molar-refractivity contribution in [3.63, 3.8) is 0 Å². The van der Waals surface area contributed by atoms with Gasteiger partial charge in [-0.2, -0.15) is 4.98 Å². The minimum atomic E-state index is -0.193. The van der Waals surface area contributed by atoms with Gasteiger partial charge in [-0.25, -0.2) is 9.78 Å². The van der Waals surface area contributed by atoms with Crippen LogP contribution in [0.1, 0.15) is 49.8 Å². The van der Waals surface area contributed by atoms with Gasteiger partial charge in [-0.05, 0) is 75.6 Å². The lowest BCUT2D eigenvalue weighted by Crippen LogP contribution is -2.42. The van der Waals surface area contributed by atoms with Crippen LogP contribution < -0.4 is 25.6 Å². The predicted octanol–water partition coefficient (Wildman–Crippen LogP) is 5.76. The molecule has 2 aromatic carbocycles. The highest BCUT2D eigenvalue weighted by Crippen LogP contribution is 2.29. The maximum Gasteiger partial charge on any atom is 0.319 e. The Labute approximate surface area is 218 Å². The molecule has 0 bridgehead atoms. The summed E-state index contributed by atoms with van der Waals surface area (Å²) >= 11 is 0. The number of para-hydroxylation sites is 1. The van der Waals surface area contributed by atoms with Gasteiger partial charge >= 0.3 is 6.03 Å². The van der Waals surface area contributed by atoms with Gasteiger partial charge in [0, 0.05) is 43.5 Å². The van der Waals surface area contributed by atoms with Crippen LogP contribution >= 0.6 is 0 Å². The lowest BCUT2D eigenvalue weighted by molar-refractivity contribution is 0.243. The molecule has 2 amide bonds. The summed E-state index contributed by atoms with van der Waals surface area (Å²) in [4.78, 5) is 24.5. The van der Waals surface area contributed by atoms with Crippen molar-refractivity contribution in [3.05, 3.63) is 65.9 Å². The van der Waals surface area contributed by atoms with Crippen LogP contribution in [0.15, 0.2) is 54.6 Å². The number of aromatic nitrogens is 2. The Kier molecular flexibility index (Phi) is 7.73. The third-order valence-corrected chi connectivity index (χ3v) is 7.05. The van der Waals surface area contributed by atoms with E-state index in [1.165, 1.54) is 24.1 Å². The van der Waals surface area contributed by atoms with Gasteiger partial charge in [0.2, 0.25) is 5.95 Å².